The molecule has 0 spiro atoms. The molecule has 2 rings (SSSR count). The predicted octanol–water partition coefficient (Wildman–Crippen LogP) is 2.06. The molecular weight excluding hydrogens is 308 g/mol. The standard InChI is InChI=1S/C14H16N2O5S/c1-2-6-21-14(18)12-8-22-9-15(12)13(17)10-4-3-5-11(7-10)16(19)20/h3-5,7,12H,2,6,8-9H2,1H3. The highest BCUT2D eigenvalue weighted by molar-refractivity contribution is 7.99. The summed E-state index contributed by atoms with van der Waals surface area (Å²) in [6, 6.07) is 4.87. The predicted molar refractivity (Wildman–Crippen MR) is 81.6 cm³/mol. The van der Waals surface area contributed by atoms with Gasteiger partial charge in [-0.1, -0.05) is 13.0 Å². The number of hydrogen-bond donors (Lipinski definition) is 0. The Morgan fingerprint density at radius 3 is 2.95 bits per heavy atom. The van der Waals surface area contributed by atoms with Gasteiger partial charge in [-0.25, -0.2) is 4.79 Å². The molecule has 1 saturated heterocycles. The number of hydrogen-bond acceptors (Lipinski definition) is 6. The molecule has 1 aromatic carbocycles. The van der Waals surface area contributed by atoms with Crippen molar-refractivity contribution < 1.29 is 19.2 Å². The molecule has 0 bridgehead atoms. The third-order valence-corrected chi connectivity index (χ3v) is 4.18. The van der Waals surface area contributed by atoms with Crippen LogP contribution in [0.3, 0.4) is 0 Å². The van der Waals surface area contributed by atoms with Crippen LogP contribution in [-0.2, 0) is 9.53 Å². The van der Waals surface area contributed by atoms with Gasteiger partial charge in [0.05, 0.1) is 17.4 Å². The fourth-order valence-corrected chi connectivity index (χ4v) is 3.19. The molecule has 1 heterocycles. The van der Waals surface area contributed by atoms with Gasteiger partial charge in [0.25, 0.3) is 11.6 Å². The lowest BCUT2D eigenvalue weighted by atomic mass is 10.1. The number of carbonyl (C=O) groups excluding carboxylic acids is 2. The number of nitrogens with zero attached hydrogens (tertiary/aromatic N) is 2. The Bertz CT molecular complexity index is 592. The highest BCUT2D eigenvalue weighted by Gasteiger charge is 2.36. The Morgan fingerprint density at radius 1 is 1.50 bits per heavy atom. The first-order valence-corrected chi connectivity index (χ1v) is 8.00. The zero-order valence-corrected chi connectivity index (χ0v) is 12.9. The van der Waals surface area contributed by atoms with Crippen LogP contribution in [0.25, 0.3) is 0 Å². The Balaban J connectivity index is 2.15. The van der Waals surface area contributed by atoms with Gasteiger partial charge in [-0.2, -0.15) is 0 Å². The zero-order valence-electron chi connectivity index (χ0n) is 12.1. The number of nitro groups is 1. The van der Waals surface area contributed by atoms with Crippen LogP contribution < -0.4 is 0 Å². The lowest BCUT2D eigenvalue weighted by molar-refractivity contribution is -0.384. The highest BCUT2D eigenvalue weighted by Crippen LogP contribution is 2.25. The van der Waals surface area contributed by atoms with Crippen LogP contribution >= 0.6 is 11.8 Å². The Hall–Kier alpha value is -2.09. The molecule has 0 saturated carbocycles. The molecule has 0 aromatic heterocycles. The number of ether oxygens (including phenoxy) is 1. The maximum atomic E-state index is 12.5. The normalized spacial score (nSPS) is 17.3. The largest absolute Gasteiger partial charge is 0.464 e. The molecule has 1 amide bonds. The summed E-state index contributed by atoms with van der Waals surface area (Å²) in [6.45, 7) is 2.21. The smallest absolute Gasteiger partial charge is 0.329 e. The van der Waals surface area contributed by atoms with Crippen molar-refractivity contribution in [1.29, 1.82) is 0 Å². The average molecular weight is 324 g/mol. The van der Waals surface area contributed by atoms with Gasteiger partial charge in [0.2, 0.25) is 0 Å². The molecule has 8 heteroatoms. The van der Waals surface area contributed by atoms with Crippen LogP contribution in [0.1, 0.15) is 23.7 Å². The van der Waals surface area contributed by atoms with Crippen molar-refractivity contribution >= 4 is 29.3 Å². The number of rotatable bonds is 5. The molecule has 0 aliphatic carbocycles. The molecule has 0 N–H and O–H groups in total. The minimum atomic E-state index is -0.636. The van der Waals surface area contributed by atoms with E-state index >= 15 is 0 Å². The van der Waals surface area contributed by atoms with Crippen molar-refractivity contribution in [3.05, 3.63) is 39.9 Å². The van der Waals surface area contributed by atoms with E-state index < -0.39 is 22.8 Å². The van der Waals surface area contributed by atoms with Crippen LogP contribution in [0.5, 0.6) is 0 Å². The van der Waals surface area contributed by atoms with Gasteiger partial charge in [0.1, 0.15) is 6.04 Å². The van der Waals surface area contributed by atoms with E-state index in [1.807, 2.05) is 6.92 Å². The molecule has 1 aliphatic rings. The average Bonchev–Trinajstić information content (AvgIpc) is 3.01. The summed E-state index contributed by atoms with van der Waals surface area (Å²) >= 11 is 1.46. The van der Waals surface area contributed by atoms with Gasteiger partial charge in [-0.3, -0.25) is 14.9 Å². The molecule has 1 aromatic rings. The van der Waals surface area contributed by atoms with Gasteiger partial charge in [0, 0.05) is 23.4 Å². The van der Waals surface area contributed by atoms with Crippen molar-refractivity contribution in [2.24, 2.45) is 0 Å². The topological polar surface area (TPSA) is 89.8 Å². The van der Waals surface area contributed by atoms with Gasteiger partial charge >= 0.3 is 5.97 Å². The van der Waals surface area contributed by atoms with Gasteiger partial charge in [0.15, 0.2) is 0 Å². The minimum absolute atomic E-state index is 0.150. The first kappa shape index (κ1) is 16.3. The quantitative estimate of drug-likeness (QED) is 0.468. The zero-order chi connectivity index (χ0) is 16.1. The number of non-ortho nitro benzene ring substituents is 1. The van der Waals surface area contributed by atoms with Crippen LogP contribution in [0.4, 0.5) is 5.69 Å². The van der Waals surface area contributed by atoms with Gasteiger partial charge < -0.3 is 9.64 Å². The summed E-state index contributed by atoms with van der Waals surface area (Å²) in [5.74, 6) is 0.0224. The second kappa shape index (κ2) is 7.26. The molecule has 1 atom stereocenters. The van der Waals surface area contributed by atoms with E-state index in [2.05, 4.69) is 0 Å². The van der Waals surface area contributed by atoms with Crippen molar-refractivity contribution in [3.63, 3.8) is 0 Å². The Kier molecular flexibility index (Phi) is 5.37. The molecule has 118 valence electrons. The fourth-order valence-electron chi connectivity index (χ4n) is 2.06. The summed E-state index contributed by atoms with van der Waals surface area (Å²) in [4.78, 5) is 36.1. The van der Waals surface area contributed by atoms with Crippen molar-refractivity contribution in [3.8, 4) is 0 Å². The third-order valence-electron chi connectivity index (χ3n) is 3.17. The van der Waals surface area contributed by atoms with Crippen molar-refractivity contribution in [1.82, 2.24) is 4.90 Å². The van der Waals surface area contributed by atoms with Crippen LogP contribution in [-0.4, -0.2) is 46.0 Å². The van der Waals surface area contributed by atoms with E-state index in [4.69, 9.17) is 4.74 Å². The summed E-state index contributed by atoms with van der Waals surface area (Å²) in [7, 11) is 0. The lowest BCUT2D eigenvalue weighted by Gasteiger charge is -2.22. The molecule has 1 aliphatic heterocycles. The Morgan fingerprint density at radius 2 is 2.27 bits per heavy atom. The van der Waals surface area contributed by atoms with E-state index in [-0.39, 0.29) is 11.3 Å². The summed E-state index contributed by atoms with van der Waals surface area (Å²) < 4.78 is 5.10. The lowest BCUT2D eigenvalue weighted by Crippen LogP contribution is -2.42. The number of esters is 1. The van der Waals surface area contributed by atoms with Crippen LogP contribution in [0, 0.1) is 10.1 Å². The molecule has 1 unspecified atom stereocenters. The van der Waals surface area contributed by atoms with Gasteiger partial charge in [-0.15, -0.1) is 11.8 Å². The van der Waals surface area contributed by atoms with E-state index in [1.165, 1.54) is 40.9 Å². The maximum absolute atomic E-state index is 12.5. The molecular formula is C14H16N2O5S. The van der Waals surface area contributed by atoms with Crippen molar-refractivity contribution in [2.45, 2.75) is 19.4 Å². The van der Waals surface area contributed by atoms with E-state index in [1.54, 1.807) is 0 Å². The number of amides is 1. The van der Waals surface area contributed by atoms with Crippen LogP contribution in [0.2, 0.25) is 0 Å². The fraction of sp³-hybridized carbons (Fsp3) is 0.429. The molecule has 1 fully saturated rings. The SMILES string of the molecule is CCCOC(=O)C1CSCN1C(=O)c1cccc([N+](=O)[O-])c1. The second-order valence-electron chi connectivity index (χ2n) is 4.77. The van der Waals surface area contributed by atoms with E-state index in [0.717, 1.165) is 0 Å². The molecule has 22 heavy (non-hydrogen) atoms. The maximum Gasteiger partial charge on any atom is 0.329 e. The van der Waals surface area contributed by atoms with Crippen LogP contribution in [0.15, 0.2) is 24.3 Å². The second-order valence-corrected chi connectivity index (χ2v) is 5.77. The molecule has 0 radical (unpaired) electrons. The van der Waals surface area contributed by atoms with Gasteiger partial charge in [-0.05, 0) is 12.5 Å². The summed E-state index contributed by atoms with van der Waals surface area (Å²) in [6.07, 6.45) is 0.713. The minimum Gasteiger partial charge on any atom is -0.464 e. The summed E-state index contributed by atoms with van der Waals surface area (Å²) in [5.41, 5.74) is 0.0489. The molecule has 7 nitrogen and oxygen atoms in total. The first-order chi connectivity index (χ1) is 10.5. The number of thioether (sulfide) groups is 1. The number of nitro benzene ring substituents is 1. The number of benzene rings is 1. The number of carbonyl (C=O) groups is 2. The Labute approximate surface area is 131 Å². The van der Waals surface area contributed by atoms with E-state index in [9.17, 15) is 19.7 Å². The monoisotopic (exact) mass is 324 g/mol. The first-order valence-electron chi connectivity index (χ1n) is 6.84. The summed E-state index contributed by atoms with van der Waals surface area (Å²) in [5, 5.41) is 10.8. The highest BCUT2D eigenvalue weighted by atomic mass is 32.2. The van der Waals surface area contributed by atoms with Crippen molar-refractivity contribution in [2.75, 3.05) is 18.2 Å². The third kappa shape index (κ3) is 3.56. The van der Waals surface area contributed by atoms with E-state index in [0.29, 0.717) is 24.7 Å².